The van der Waals surface area contributed by atoms with Gasteiger partial charge >= 0.3 is 5.97 Å². The molecule has 1 aliphatic rings. The van der Waals surface area contributed by atoms with Gasteiger partial charge in [-0.25, -0.2) is 4.99 Å². The maximum absolute atomic E-state index is 11.9. The molecule has 0 atom stereocenters. The van der Waals surface area contributed by atoms with Crippen LogP contribution >= 0.6 is 24.0 Å². The Kier molecular flexibility index (Phi) is 10.2. The third-order valence-electron chi connectivity index (χ3n) is 5.74. The highest BCUT2D eigenvalue weighted by Crippen LogP contribution is 2.19. The molecule has 0 radical (unpaired) electrons. The summed E-state index contributed by atoms with van der Waals surface area (Å²) in [7, 11) is 5.06. The molecule has 1 aromatic heterocycles. The minimum Gasteiger partial charge on any atom is -0.497 e. The number of nitrogens with one attached hydrogen (secondary N) is 1. The molecule has 1 aliphatic heterocycles. The van der Waals surface area contributed by atoms with E-state index in [1.54, 1.807) is 7.11 Å². The van der Waals surface area contributed by atoms with Crippen LogP contribution in [-0.2, 0) is 29.5 Å². The number of guanidine groups is 1. The van der Waals surface area contributed by atoms with Crippen LogP contribution in [0.1, 0.15) is 30.1 Å². The zero-order valence-corrected chi connectivity index (χ0v) is 21.5. The van der Waals surface area contributed by atoms with Gasteiger partial charge in [-0.3, -0.25) is 4.79 Å². The first kappa shape index (κ1) is 25.9. The minimum absolute atomic E-state index is 0. The lowest BCUT2D eigenvalue weighted by Gasteiger charge is -2.33. The highest BCUT2D eigenvalue weighted by atomic mass is 127. The highest BCUT2D eigenvalue weighted by Gasteiger charge is 2.27. The van der Waals surface area contributed by atoms with Gasteiger partial charge in [0.25, 0.3) is 0 Å². The number of hydrogen-bond donors (Lipinski definition) is 1. The van der Waals surface area contributed by atoms with E-state index in [1.807, 2.05) is 30.7 Å². The SMILES string of the molecule is COC(=O)C1CCN(C(=NCc2nnc(C)n2C)NCCc2ccc(OC)cc2)CC1.I. The van der Waals surface area contributed by atoms with E-state index in [0.29, 0.717) is 6.54 Å². The number of piperidine rings is 1. The van der Waals surface area contributed by atoms with Crippen LogP contribution in [-0.4, -0.2) is 65.4 Å². The highest BCUT2D eigenvalue weighted by molar-refractivity contribution is 14.0. The lowest BCUT2D eigenvalue weighted by atomic mass is 9.97. The number of esters is 1. The number of aliphatic imine (C=N–C) groups is 1. The summed E-state index contributed by atoms with van der Waals surface area (Å²) in [5.41, 5.74) is 1.22. The van der Waals surface area contributed by atoms with Gasteiger partial charge in [-0.1, -0.05) is 12.1 Å². The number of carbonyl (C=O) groups is 1. The summed E-state index contributed by atoms with van der Waals surface area (Å²) >= 11 is 0. The second-order valence-electron chi connectivity index (χ2n) is 7.67. The number of carbonyl (C=O) groups excluding carboxylic acids is 1. The summed E-state index contributed by atoms with van der Waals surface area (Å²) in [6.45, 7) is 4.63. The van der Waals surface area contributed by atoms with Gasteiger partial charge in [0, 0.05) is 26.7 Å². The summed E-state index contributed by atoms with van der Waals surface area (Å²) in [6, 6.07) is 8.08. The largest absolute Gasteiger partial charge is 0.497 e. The van der Waals surface area contributed by atoms with Gasteiger partial charge in [-0.15, -0.1) is 34.2 Å². The smallest absolute Gasteiger partial charge is 0.308 e. The molecule has 2 heterocycles. The Morgan fingerprint density at radius 1 is 1.19 bits per heavy atom. The number of aromatic nitrogens is 3. The number of aryl methyl sites for hydroxylation is 1. The number of likely N-dealkylation sites (tertiary alicyclic amines) is 1. The van der Waals surface area contributed by atoms with E-state index in [1.165, 1.54) is 12.7 Å². The minimum atomic E-state index is -0.125. The molecule has 9 nitrogen and oxygen atoms in total. The van der Waals surface area contributed by atoms with Crippen LogP contribution in [0.4, 0.5) is 0 Å². The molecule has 1 fully saturated rings. The van der Waals surface area contributed by atoms with E-state index in [0.717, 1.165) is 62.3 Å². The Bertz CT molecular complexity index is 892. The molecule has 0 bridgehead atoms. The van der Waals surface area contributed by atoms with Crippen molar-refractivity contribution >= 4 is 35.9 Å². The van der Waals surface area contributed by atoms with E-state index in [2.05, 4.69) is 32.5 Å². The van der Waals surface area contributed by atoms with Crippen LogP contribution in [0.25, 0.3) is 0 Å². The topological polar surface area (TPSA) is 93.9 Å². The van der Waals surface area contributed by atoms with Crippen molar-refractivity contribution in [3.63, 3.8) is 0 Å². The quantitative estimate of drug-likeness (QED) is 0.242. The molecule has 1 saturated heterocycles. The molecule has 10 heteroatoms. The summed E-state index contributed by atoms with van der Waals surface area (Å²) in [5, 5.41) is 11.8. The van der Waals surface area contributed by atoms with Crippen molar-refractivity contribution < 1.29 is 14.3 Å². The van der Waals surface area contributed by atoms with Crippen molar-refractivity contribution in [2.45, 2.75) is 32.7 Å². The molecule has 0 spiro atoms. The molecule has 0 amide bonds. The molecule has 0 aliphatic carbocycles. The lowest BCUT2D eigenvalue weighted by molar-refractivity contribution is -0.146. The predicted octanol–water partition coefficient (Wildman–Crippen LogP) is 2.32. The van der Waals surface area contributed by atoms with Gasteiger partial charge in [0.1, 0.15) is 18.1 Å². The second-order valence-corrected chi connectivity index (χ2v) is 7.67. The average Bonchev–Trinajstić information content (AvgIpc) is 3.13. The number of ether oxygens (including phenoxy) is 2. The Labute approximate surface area is 206 Å². The van der Waals surface area contributed by atoms with E-state index in [-0.39, 0.29) is 35.9 Å². The first-order chi connectivity index (χ1) is 15.0. The first-order valence-electron chi connectivity index (χ1n) is 10.6. The fourth-order valence-electron chi connectivity index (χ4n) is 3.61. The van der Waals surface area contributed by atoms with Crippen LogP contribution in [0.5, 0.6) is 5.75 Å². The van der Waals surface area contributed by atoms with E-state index < -0.39 is 0 Å². The third-order valence-corrected chi connectivity index (χ3v) is 5.74. The fourth-order valence-corrected chi connectivity index (χ4v) is 3.61. The van der Waals surface area contributed by atoms with Crippen LogP contribution in [0.15, 0.2) is 29.3 Å². The van der Waals surface area contributed by atoms with Crippen LogP contribution < -0.4 is 10.1 Å². The number of rotatable bonds is 7. The number of benzene rings is 1. The third kappa shape index (κ3) is 6.81. The monoisotopic (exact) mass is 556 g/mol. The molecule has 1 aromatic carbocycles. The normalized spacial score (nSPS) is 14.6. The predicted molar refractivity (Wildman–Crippen MR) is 133 cm³/mol. The Balaban J connectivity index is 0.00000363. The van der Waals surface area contributed by atoms with Crippen molar-refractivity contribution in [2.75, 3.05) is 33.9 Å². The molecule has 1 N–H and O–H groups in total. The molecule has 3 rings (SSSR count). The van der Waals surface area contributed by atoms with E-state index >= 15 is 0 Å². The summed E-state index contributed by atoms with van der Waals surface area (Å²) < 4.78 is 12.1. The van der Waals surface area contributed by atoms with Crippen LogP contribution in [0, 0.1) is 12.8 Å². The zero-order valence-electron chi connectivity index (χ0n) is 19.2. The molecule has 0 saturated carbocycles. The number of nitrogens with zero attached hydrogens (tertiary/aromatic N) is 5. The van der Waals surface area contributed by atoms with Gasteiger partial charge < -0.3 is 24.3 Å². The maximum Gasteiger partial charge on any atom is 0.308 e. The van der Waals surface area contributed by atoms with Crippen LogP contribution in [0.2, 0.25) is 0 Å². The molecule has 176 valence electrons. The molecule has 32 heavy (non-hydrogen) atoms. The fraction of sp³-hybridized carbons (Fsp3) is 0.545. The van der Waals surface area contributed by atoms with Crippen molar-refractivity contribution in [3.8, 4) is 5.75 Å². The van der Waals surface area contributed by atoms with Gasteiger partial charge in [0.15, 0.2) is 11.8 Å². The van der Waals surface area contributed by atoms with Gasteiger partial charge in [-0.05, 0) is 43.9 Å². The average molecular weight is 556 g/mol. The Hall–Kier alpha value is -2.37. The van der Waals surface area contributed by atoms with Gasteiger partial charge in [0.2, 0.25) is 0 Å². The molecular weight excluding hydrogens is 523 g/mol. The molecule has 2 aromatic rings. The van der Waals surface area contributed by atoms with Crippen molar-refractivity contribution in [3.05, 3.63) is 41.5 Å². The standard InChI is InChI=1S/C22H32N6O3.HI/c1-16-25-26-20(27(16)2)15-24-22(28-13-10-18(11-14-28)21(29)31-4)23-12-9-17-5-7-19(30-3)8-6-17;/h5-8,18H,9-15H2,1-4H3,(H,23,24);1H. The Morgan fingerprint density at radius 2 is 1.88 bits per heavy atom. The summed E-state index contributed by atoms with van der Waals surface area (Å²) in [5.74, 6) is 3.20. The van der Waals surface area contributed by atoms with E-state index in [4.69, 9.17) is 14.5 Å². The number of hydrogen-bond acceptors (Lipinski definition) is 6. The van der Waals surface area contributed by atoms with Gasteiger partial charge in [-0.2, -0.15) is 0 Å². The number of halogens is 1. The first-order valence-corrected chi connectivity index (χ1v) is 10.6. The van der Waals surface area contributed by atoms with E-state index in [9.17, 15) is 4.79 Å². The zero-order chi connectivity index (χ0) is 22.2. The van der Waals surface area contributed by atoms with Crippen molar-refractivity contribution in [2.24, 2.45) is 18.0 Å². The molecular formula is C22H33IN6O3. The van der Waals surface area contributed by atoms with Crippen molar-refractivity contribution in [1.82, 2.24) is 25.0 Å². The summed E-state index contributed by atoms with van der Waals surface area (Å²) in [6.07, 6.45) is 2.38. The second kappa shape index (κ2) is 12.6. The molecule has 0 unspecified atom stereocenters. The summed E-state index contributed by atoms with van der Waals surface area (Å²) in [4.78, 5) is 18.9. The van der Waals surface area contributed by atoms with Crippen molar-refractivity contribution in [1.29, 1.82) is 0 Å². The van der Waals surface area contributed by atoms with Gasteiger partial charge in [0.05, 0.1) is 20.1 Å². The maximum atomic E-state index is 11.9. The lowest BCUT2D eigenvalue weighted by Crippen LogP contribution is -2.47. The van der Waals surface area contributed by atoms with Crippen LogP contribution in [0.3, 0.4) is 0 Å². The number of methoxy groups -OCH3 is 2. The Morgan fingerprint density at radius 3 is 2.44 bits per heavy atom.